The molecule has 0 spiro atoms. The highest BCUT2D eigenvalue weighted by Gasteiger charge is 2.17. The maximum absolute atomic E-state index is 5.29. The summed E-state index contributed by atoms with van der Waals surface area (Å²) < 4.78 is 5.29. The number of rotatable bonds is 7. The highest BCUT2D eigenvalue weighted by atomic mass is 16.3. The fraction of sp³-hybridized carbons (Fsp3) is 0.714. The molecule has 1 rings (SSSR count). The molecule has 1 aromatic rings. The van der Waals surface area contributed by atoms with Gasteiger partial charge in [-0.15, -0.1) is 0 Å². The fourth-order valence-corrected chi connectivity index (χ4v) is 1.83. The molecule has 3 heteroatoms. The highest BCUT2D eigenvalue weighted by Crippen LogP contribution is 2.11. The lowest BCUT2D eigenvalue weighted by Crippen LogP contribution is -2.44. The van der Waals surface area contributed by atoms with Crippen LogP contribution in [0.1, 0.15) is 33.5 Å². The monoisotopic (exact) mass is 238 g/mol. The van der Waals surface area contributed by atoms with E-state index in [1.165, 1.54) is 0 Å². The summed E-state index contributed by atoms with van der Waals surface area (Å²) in [5.41, 5.74) is 0. The molecule has 0 fully saturated rings. The first kappa shape index (κ1) is 14.3. The summed E-state index contributed by atoms with van der Waals surface area (Å²) in [6.45, 7) is 10.9. The molecule has 0 saturated carbocycles. The van der Waals surface area contributed by atoms with Crippen molar-refractivity contribution in [1.82, 2.24) is 10.2 Å². The predicted octanol–water partition coefficient (Wildman–Crippen LogP) is 2.73. The van der Waals surface area contributed by atoms with Gasteiger partial charge < -0.3 is 9.73 Å². The average molecular weight is 238 g/mol. The van der Waals surface area contributed by atoms with Gasteiger partial charge in [0.1, 0.15) is 5.76 Å². The van der Waals surface area contributed by atoms with Crippen molar-refractivity contribution in [2.75, 3.05) is 13.6 Å². The molecule has 0 aliphatic rings. The number of likely N-dealkylation sites (N-methyl/N-ethyl adjacent to an activating group) is 1. The van der Waals surface area contributed by atoms with E-state index in [-0.39, 0.29) is 0 Å². The predicted molar refractivity (Wildman–Crippen MR) is 71.9 cm³/mol. The van der Waals surface area contributed by atoms with Gasteiger partial charge in [-0.3, -0.25) is 4.90 Å². The van der Waals surface area contributed by atoms with Gasteiger partial charge in [0, 0.05) is 18.6 Å². The van der Waals surface area contributed by atoms with Crippen LogP contribution in [-0.4, -0.2) is 30.6 Å². The van der Waals surface area contributed by atoms with Gasteiger partial charge in [0.15, 0.2) is 0 Å². The Bertz CT molecular complexity index is 295. The van der Waals surface area contributed by atoms with Crippen LogP contribution < -0.4 is 5.32 Å². The van der Waals surface area contributed by atoms with Crippen LogP contribution in [0.2, 0.25) is 0 Å². The Morgan fingerprint density at radius 3 is 2.53 bits per heavy atom. The molecule has 0 bridgehead atoms. The van der Waals surface area contributed by atoms with Crippen molar-refractivity contribution in [3.8, 4) is 0 Å². The van der Waals surface area contributed by atoms with Crippen LogP contribution in [0.15, 0.2) is 22.8 Å². The van der Waals surface area contributed by atoms with Gasteiger partial charge in [-0.2, -0.15) is 0 Å². The van der Waals surface area contributed by atoms with E-state index in [1.807, 2.05) is 12.1 Å². The Balaban J connectivity index is 2.26. The van der Waals surface area contributed by atoms with Crippen molar-refractivity contribution < 1.29 is 4.42 Å². The molecular formula is C14H26N2O. The second kappa shape index (κ2) is 6.82. The van der Waals surface area contributed by atoms with E-state index in [0.717, 1.165) is 18.8 Å². The Morgan fingerprint density at radius 1 is 1.29 bits per heavy atom. The summed E-state index contributed by atoms with van der Waals surface area (Å²) in [4.78, 5) is 2.43. The molecule has 1 aromatic heterocycles. The Morgan fingerprint density at radius 2 is 2.00 bits per heavy atom. The molecule has 0 saturated heterocycles. The molecule has 2 atom stereocenters. The number of hydrogen-bond acceptors (Lipinski definition) is 3. The lowest BCUT2D eigenvalue weighted by molar-refractivity contribution is 0.155. The van der Waals surface area contributed by atoms with Crippen molar-refractivity contribution in [3.05, 3.63) is 24.2 Å². The Hall–Kier alpha value is -0.800. The third kappa shape index (κ3) is 4.52. The van der Waals surface area contributed by atoms with E-state index >= 15 is 0 Å². The Kier molecular flexibility index (Phi) is 5.72. The first-order valence-corrected chi connectivity index (χ1v) is 6.47. The normalized spacial score (nSPS) is 15.5. The second-order valence-corrected chi connectivity index (χ2v) is 5.21. The molecule has 0 aliphatic heterocycles. The van der Waals surface area contributed by atoms with E-state index in [1.54, 1.807) is 6.26 Å². The zero-order valence-corrected chi connectivity index (χ0v) is 11.7. The molecule has 0 amide bonds. The summed E-state index contributed by atoms with van der Waals surface area (Å²) in [5.74, 6) is 1.68. The maximum Gasteiger partial charge on any atom is 0.117 e. The molecule has 0 radical (unpaired) electrons. The number of hydrogen-bond donors (Lipinski definition) is 1. The van der Waals surface area contributed by atoms with Crippen LogP contribution in [-0.2, 0) is 6.54 Å². The molecular weight excluding hydrogens is 212 g/mol. The number of furan rings is 1. The molecule has 17 heavy (non-hydrogen) atoms. The van der Waals surface area contributed by atoms with Crippen molar-refractivity contribution in [1.29, 1.82) is 0 Å². The largest absolute Gasteiger partial charge is 0.468 e. The van der Waals surface area contributed by atoms with Crippen molar-refractivity contribution >= 4 is 0 Å². The lowest BCUT2D eigenvalue weighted by Gasteiger charge is -2.33. The second-order valence-electron chi connectivity index (χ2n) is 5.21. The van der Waals surface area contributed by atoms with Crippen LogP contribution in [0.4, 0.5) is 0 Å². The maximum atomic E-state index is 5.29. The molecule has 0 aliphatic carbocycles. The van der Waals surface area contributed by atoms with Gasteiger partial charge in [-0.05, 0) is 38.9 Å². The van der Waals surface area contributed by atoms with Gasteiger partial charge in [0.25, 0.3) is 0 Å². The Labute approximate surface area is 105 Å². The van der Waals surface area contributed by atoms with E-state index < -0.39 is 0 Å². The van der Waals surface area contributed by atoms with Gasteiger partial charge in [-0.1, -0.05) is 13.8 Å². The minimum atomic E-state index is 0.530. The third-order valence-corrected chi connectivity index (χ3v) is 3.62. The minimum absolute atomic E-state index is 0.530. The van der Waals surface area contributed by atoms with Crippen LogP contribution in [0.3, 0.4) is 0 Å². The third-order valence-electron chi connectivity index (χ3n) is 3.62. The first-order valence-electron chi connectivity index (χ1n) is 6.47. The minimum Gasteiger partial charge on any atom is -0.468 e. The SMILES string of the molecule is CC(C)C(C)N(C)C(C)CNCc1ccco1. The summed E-state index contributed by atoms with van der Waals surface area (Å²) in [5, 5.41) is 3.43. The summed E-state index contributed by atoms with van der Waals surface area (Å²) >= 11 is 0. The molecule has 1 heterocycles. The number of nitrogens with zero attached hydrogens (tertiary/aromatic N) is 1. The van der Waals surface area contributed by atoms with Crippen LogP contribution >= 0.6 is 0 Å². The first-order chi connectivity index (χ1) is 8.02. The topological polar surface area (TPSA) is 28.4 Å². The van der Waals surface area contributed by atoms with Crippen LogP contribution in [0, 0.1) is 5.92 Å². The van der Waals surface area contributed by atoms with Crippen molar-refractivity contribution in [3.63, 3.8) is 0 Å². The van der Waals surface area contributed by atoms with E-state index in [0.29, 0.717) is 18.0 Å². The van der Waals surface area contributed by atoms with E-state index in [4.69, 9.17) is 4.42 Å². The zero-order chi connectivity index (χ0) is 12.8. The van der Waals surface area contributed by atoms with Crippen LogP contribution in [0.25, 0.3) is 0 Å². The molecule has 98 valence electrons. The molecule has 3 nitrogen and oxygen atoms in total. The smallest absolute Gasteiger partial charge is 0.117 e. The number of nitrogens with one attached hydrogen (secondary N) is 1. The quantitative estimate of drug-likeness (QED) is 0.791. The molecule has 2 unspecified atom stereocenters. The van der Waals surface area contributed by atoms with Crippen molar-refractivity contribution in [2.45, 2.75) is 46.3 Å². The summed E-state index contributed by atoms with van der Waals surface area (Å²) in [6.07, 6.45) is 1.72. The van der Waals surface area contributed by atoms with Crippen LogP contribution in [0.5, 0.6) is 0 Å². The van der Waals surface area contributed by atoms with Gasteiger partial charge in [0.2, 0.25) is 0 Å². The molecule has 1 N–H and O–H groups in total. The van der Waals surface area contributed by atoms with Gasteiger partial charge >= 0.3 is 0 Å². The van der Waals surface area contributed by atoms with E-state index in [2.05, 4.69) is 45.0 Å². The average Bonchev–Trinajstić information content (AvgIpc) is 2.79. The summed E-state index contributed by atoms with van der Waals surface area (Å²) in [7, 11) is 2.20. The highest BCUT2D eigenvalue weighted by molar-refractivity contribution is 4.97. The fourth-order valence-electron chi connectivity index (χ4n) is 1.83. The zero-order valence-electron chi connectivity index (χ0n) is 11.7. The lowest BCUT2D eigenvalue weighted by atomic mass is 10.0. The van der Waals surface area contributed by atoms with Crippen molar-refractivity contribution in [2.24, 2.45) is 5.92 Å². The standard InChI is InChI=1S/C14H26N2O/c1-11(2)13(4)16(5)12(3)9-15-10-14-7-6-8-17-14/h6-8,11-13,15H,9-10H2,1-5H3. The summed E-state index contributed by atoms with van der Waals surface area (Å²) in [6, 6.07) is 5.06. The molecule has 0 aromatic carbocycles. The van der Waals surface area contributed by atoms with Gasteiger partial charge in [-0.25, -0.2) is 0 Å². The van der Waals surface area contributed by atoms with Gasteiger partial charge in [0.05, 0.1) is 12.8 Å². The van der Waals surface area contributed by atoms with E-state index in [9.17, 15) is 0 Å².